The van der Waals surface area contributed by atoms with E-state index in [1.807, 2.05) is 12.3 Å². The van der Waals surface area contributed by atoms with Gasteiger partial charge in [-0.1, -0.05) is 25.4 Å². The molecule has 0 amide bonds. The van der Waals surface area contributed by atoms with Crippen LogP contribution in [0.5, 0.6) is 0 Å². The van der Waals surface area contributed by atoms with Crippen molar-refractivity contribution >= 4 is 17.4 Å². The van der Waals surface area contributed by atoms with E-state index in [-0.39, 0.29) is 0 Å². The first-order valence-electron chi connectivity index (χ1n) is 6.64. The van der Waals surface area contributed by atoms with Gasteiger partial charge in [-0.15, -0.1) is 0 Å². The number of pyridine rings is 1. The average Bonchev–Trinajstić information content (AvgIpc) is 2.34. The van der Waals surface area contributed by atoms with E-state index >= 15 is 0 Å². The number of piperidine rings is 1. The number of rotatable bonds is 2. The van der Waals surface area contributed by atoms with Gasteiger partial charge in [0.15, 0.2) is 0 Å². The van der Waals surface area contributed by atoms with E-state index in [1.54, 1.807) is 0 Å². The SMILES string of the molecule is CC1CC(C)C(C)N(c2ncc(CN)cc2Cl)C1. The highest BCUT2D eigenvalue weighted by molar-refractivity contribution is 6.33. The number of hydrogen-bond donors (Lipinski definition) is 1. The van der Waals surface area contributed by atoms with Crippen LogP contribution in [0.3, 0.4) is 0 Å². The molecule has 3 unspecified atom stereocenters. The molecule has 1 aromatic heterocycles. The molecule has 0 aromatic carbocycles. The number of nitrogens with zero attached hydrogens (tertiary/aromatic N) is 2. The van der Waals surface area contributed by atoms with Crippen molar-refractivity contribution in [3.05, 3.63) is 22.8 Å². The number of aromatic nitrogens is 1. The van der Waals surface area contributed by atoms with Crippen molar-refractivity contribution in [1.29, 1.82) is 0 Å². The minimum Gasteiger partial charge on any atom is -0.352 e. The fraction of sp³-hybridized carbons (Fsp3) is 0.643. The molecule has 2 heterocycles. The van der Waals surface area contributed by atoms with Gasteiger partial charge in [-0.25, -0.2) is 4.98 Å². The maximum atomic E-state index is 6.34. The highest BCUT2D eigenvalue weighted by Crippen LogP contribution is 2.33. The Balaban J connectivity index is 2.29. The first-order chi connectivity index (χ1) is 8.52. The summed E-state index contributed by atoms with van der Waals surface area (Å²) in [5, 5.41) is 0.714. The zero-order valence-electron chi connectivity index (χ0n) is 11.4. The van der Waals surface area contributed by atoms with Crippen LogP contribution in [0.4, 0.5) is 5.82 Å². The molecule has 1 saturated heterocycles. The minimum absolute atomic E-state index is 0.481. The van der Waals surface area contributed by atoms with Crippen LogP contribution in [0.25, 0.3) is 0 Å². The van der Waals surface area contributed by atoms with Gasteiger partial charge in [0.2, 0.25) is 0 Å². The first-order valence-corrected chi connectivity index (χ1v) is 7.01. The molecule has 2 N–H and O–H groups in total. The van der Waals surface area contributed by atoms with Crippen molar-refractivity contribution in [3.63, 3.8) is 0 Å². The van der Waals surface area contributed by atoms with Crippen molar-refractivity contribution in [2.24, 2.45) is 17.6 Å². The second kappa shape index (κ2) is 5.45. The normalized spacial score (nSPS) is 28.5. The molecule has 1 fully saturated rings. The molecule has 1 aromatic rings. The lowest BCUT2D eigenvalue weighted by atomic mass is 9.86. The molecule has 0 bridgehead atoms. The fourth-order valence-corrected chi connectivity index (χ4v) is 3.09. The summed E-state index contributed by atoms with van der Waals surface area (Å²) in [6.45, 7) is 8.36. The largest absolute Gasteiger partial charge is 0.352 e. The van der Waals surface area contributed by atoms with Crippen molar-refractivity contribution < 1.29 is 0 Å². The number of nitrogens with two attached hydrogens (primary N) is 1. The second-order valence-corrected chi connectivity index (χ2v) is 5.97. The summed E-state index contributed by atoms with van der Waals surface area (Å²) in [7, 11) is 0. The van der Waals surface area contributed by atoms with E-state index in [2.05, 4.69) is 30.7 Å². The van der Waals surface area contributed by atoms with E-state index in [4.69, 9.17) is 17.3 Å². The molecule has 18 heavy (non-hydrogen) atoms. The predicted octanol–water partition coefficient (Wildman–Crippen LogP) is 3.06. The summed E-state index contributed by atoms with van der Waals surface area (Å²) in [6.07, 6.45) is 3.11. The summed E-state index contributed by atoms with van der Waals surface area (Å²) in [5.74, 6) is 2.25. The number of halogens is 1. The van der Waals surface area contributed by atoms with Crippen LogP contribution in [0.2, 0.25) is 5.02 Å². The van der Waals surface area contributed by atoms with Gasteiger partial charge in [-0.05, 0) is 36.8 Å². The van der Waals surface area contributed by atoms with Crippen molar-refractivity contribution in [3.8, 4) is 0 Å². The third kappa shape index (κ3) is 2.62. The Morgan fingerprint density at radius 3 is 2.78 bits per heavy atom. The van der Waals surface area contributed by atoms with E-state index in [1.165, 1.54) is 6.42 Å². The molecule has 0 aliphatic carbocycles. The molecule has 3 nitrogen and oxygen atoms in total. The number of anilines is 1. The smallest absolute Gasteiger partial charge is 0.147 e. The molecule has 2 rings (SSSR count). The average molecular weight is 268 g/mol. The van der Waals surface area contributed by atoms with Crippen LogP contribution in [-0.4, -0.2) is 17.6 Å². The van der Waals surface area contributed by atoms with Crippen molar-refractivity contribution in [2.45, 2.75) is 39.8 Å². The van der Waals surface area contributed by atoms with Gasteiger partial charge in [-0.2, -0.15) is 0 Å². The second-order valence-electron chi connectivity index (χ2n) is 5.56. The fourth-order valence-electron chi connectivity index (χ4n) is 2.79. The monoisotopic (exact) mass is 267 g/mol. The maximum absolute atomic E-state index is 6.34. The highest BCUT2D eigenvalue weighted by Gasteiger charge is 2.30. The summed E-state index contributed by atoms with van der Waals surface area (Å²) < 4.78 is 0. The molecule has 1 aliphatic heterocycles. The van der Waals surface area contributed by atoms with Crippen LogP contribution < -0.4 is 10.6 Å². The summed E-state index contributed by atoms with van der Waals surface area (Å²) in [4.78, 5) is 6.84. The van der Waals surface area contributed by atoms with Gasteiger partial charge in [0.1, 0.15) is 5.82 Å². The van der Waals surface area contributed by atoms with Gasteiger partial charge in [0.25, 0.3) is 0 Å². The van der Waals surface area contributed by atoms with Crippen LogP contribution in [-0.2, 0) is 6.54 Å². The topological polar surface area (TPSA) is 42.2 Å². The van der Waals surface area contributed by atoms with Crippen LogP contribution >= 0.6 is 11.6 Å². The van der Waals surface area contributed by atoms with Gasteiger partial charge in [0.05, 0.1) is 5.02 Å². The Hall–Kier alpha value is -0.800. The molecule has 3 atom stereocenters. The zero-order valence-corrected chi connectivity index (χ0v) is 12.1. The summed E-state index contributed by atoms with van der Waals surface area (Å²) >= 11 is 6.34. The minimum atomic E-state index is 0.481. The Morgan fingerprint density at radius 2 is 2.17 bits per heavy atom. The first kappa shape index (κ1) is 13.6. The van der Waals surface area contributed by atoms with Crippen LogP contribution in [0.15, 0.2) is 12.3 Å². The van der Waals surface area contributed by atoms with E-state index in [9.17, 15) is 0 Å². The predicted molar refractivity (Wildman–Crippen MR) is 76.9 cm³/mol. The lowest BCUT2D eigenvalue weighted by molar-refractivity contribution is 0.295. The summed E-state index contributed by atoms with van der Waals surface area (Å²) in [6, 6.07) is 2.41. The molecular formula is C14H22ClN3. The van der Waals surface area contributed by atoms with Gasteiger partial charge < -0.3 is 10.6 Å². The zero-order chi connectivity index (χ0) is 13.3. The van der Waals surface area contributed by atoms with Crippen molar-refractivity contribution in [2.75, 3.05) is 11.4 Å². The van der Waals surface area contributed by atoms with E-state index in [0.717, 1.165) is 17.9 Å². The standard InChI is InChI=1S/C14H22ClN3/c1-9-4-10(2)11(3)18(8-9)14-13(15)5-12(6-16)7-17-14/h5,7,9-11H,4,6,8,16H2,1-3H3. The molecule has 4 heteroatoms. The maximum Gasteiger partial charge on any atom is 0.147 e. The van der Waals surface area contributed by atoms with Gasteiger partial charge in [-0.3, -0.25) is 0 Å². The van der Waals surface area contributed by atoms with Crippen LogP contribution in [0.1, 0.15) is 32.8 Å². The molecule has 0 saturated carbocycles. The Bertz CT molecular complexity index is 422. The summed E-state index contributed by atoms with van der Waals surface area (Å²) in [5.41, 5.74) is 6.59. The number of hydrogen-bond acceptors (Lipinski definition) is 3. The van der Waals surface area contributed by atoms with E-state index < -0.39 is 0 Å². The Morgan fingerprint density at radius 1 is 1.44 bits per heavy atom. The van der Waals surface area contributed by atoms with E-state index in [0.29, 0.717) is 29.4 Å². The third-order valence-corrected chi connectivity index (χ3v) is 4.26. The lowest BCUT2D eigenvalue weighted by Gasteiger charge is -2.42. The molecule has 0 spiro atoms. The third-order valence-electron chi connectivity index (χ3n) is 3.98. The molecule has 100 valence electrons. The van der Waals surface area contributed by atoms with Crippen molar-refractivity contribution in [1.82, 2.24) is 4.98 Å². The Labute approximate surface area is 114 Å². The molecule has 1 aliphatic rings. The lowest BCUT2D eigenvalue weighted by Crippen LogP contribution is -2.46. The quantitative estimate of drug-likeness (QED) is 0.896. The van der Waals surface area contributed by atoms with Gasteiger partial charge >= 0.3 is 0 Å². The Kier molecular flexibility index (Phi) is 4.13. The van der Waals surface area contributed by atoms with Gasteiger partial charge in [0, 0.05) is 25.3 Å². The highest BCUT2D eigenvalue weighted by atomic mass is 35.5. The molecular weight excluding hydrogens is 246 g/mol. The molecule has 0 radical (unpaired) electrons. The van der Waals surface area contributed by atoms with Crippen LogP contribution in [0, 0.1) is 11.8 Å².